The molecular weight excluding hydrogens is 299 g/mol. The molecule has 0 bridgehead atoms. The molecule has 1 atom stereocenters. The SMILES string of the molecule is Cc1ccc(S(=O)OP(C)(C)(C)Cc2ccccc2)cc1. The molecule has 2 rings (SSSR count). The van der Waals surface area contributed by atoms with E-state index in [9.17, 15) is 4.21 Å². The topological polar surface area (TPSA) is 26.3 Å². The van der Waals surface area contributed by atoms with Gasteiger partial charge in [0.05, 0.1) is 0 Å². The van der Waals surface area contributed by atoms with Crippen LogP contribution >= 0.6 is 6.83 Å². The molecule has 0 heterocycles. The predicted octanol–water partition coefficient (Wildman–Crippen LogP) is 4.59. The molecule has 2 aromatic carbocycles. The standard InChI is InChI=1S/C17H23O2PS/c1-15-10-12-17(13-11-15)21(18)19-20(2,3,4)14-16-8-6-5-7-9-16/h5-13H,14H2,1-4H3. The van der Waals surface area contributed by atoms with Gasteiger partial charge in [-0.15, -0.1) is 0 Å². The van der Waals surface area contributed by atoms with Crippen LogP contribution in [0.2, 0.25) is 0 Å². The third-order valence-corrected chi connectivity index (χ3v) is 7.97. The molecule has 21 heavy (non-hydrogen) atoms. The van der Waals surface area contributed by atoms with E-state index in [0.717, 1.165) is 16.6 Å². The summed E-state index contributed by atoms with van der Waals surface area (Å²) in [7, 11) is 0. The zero-order valence-corrected chi connectivity index (χ0v) is 14.8. The van der Waals surface area contributed by atoms with Crippen LogP contribution < -0.4 is 0 Å². The van der Waals surface area contributed by atoms with Crippen LogP contribution in [0.15, 0.2) is 59.5 Å². The Hall–Kier alpha value is -1.02. The van der Waals surface area contributed by atoms with Crippen molar-refractivity contribution in [2.45, 2.75) is 18.0 Å². The van der Waals surface area contributed by atoms with Gasteiger partial charge in [0.1, 0.15) is 0 Å². The maximum absolute atomic E-state index is 12.5. The van der Waals surface area contributed by atoms with Gasteiger partial charge in [-0.1, -0.05) is 0 Å². The summed E-state index contributed by atoms with van der Waals surface area (Å²) in [4.78, 5) is 0.730. The predicted molar refractivity (Wildman–Crippen MR) is 93.5 cm³/mol. The van der Waals surface area contributed by atoms with E-state index in [-0.39, 0.29) is 0 Å². The first-order valence-corrected chi connectivity index (χ1v) is 11.7. The van der Waals surface area contributed by atoms with E-state index in [1.165, 1.54) is 5.56 Å². The Morgan fingerprint density at radius 2 is 1.52 bits per heavy atom. The summed E-state index contributed by atoms with van der Waals surface area (Å²) in [6.45, 7) is 5.88. The van der Waals surface area contributed by atoms with E-state index >= 15 is 0 Å². The summed E-state index contributed by atoms with van der Waals surface area (Å²) < 4.78 is 18.5. The van der Waals surface area contributed by atoms with Gasteiger partial charge >= 0.3 is 130 Å². The Balaban J connectivity index is 2.15. The van der Waals surface area contributed by atoms with Crippen molar-refractivity contribution in [3.8, 4) is 0 Å². The van der Waals surface area contributed by atoms with Crippen molar-refractivity contribution in [1.29, 1.82) is 0 Å². The van der Waals surface area contributed by atoms with E-state index in [1.807, 2.05) is 49.4 Å². The zero-order valence-electron chi connectivity index (χ0n) is 13.1. The molecule has 0 aliphatic carbocycles. The van der Waals surface area contributed by atoms with Crippen molar-refractivity contribution in [3.63, 3.8) is 0 Å². The quantitative estimate of drug-likeness (QED) is 0.753. The second-order valence-corrected chi connectivity index (χ2v) is 14.5. The van der Waals surface area contributed by atoms with Crippen LogP contribution in [0.1, 0.15) is 11.1 Å². The number of aryl methyl sites for hydroxylation is 1. The molecule has 1 unspecified atom stereocenters. The molecule has 0 aliphatic rings. The summed E-state index contributed by atoms with van der Waals surface area (Å²) in [5.74, 6) is 0. The third kappa shape index (κ3) is 5.03. The van der Waals surface area contributed by atoms with Crippen LogP contribution in [-0.2, 0) is 21.2 Å². The van der Waals surface area contributed by atoms with Gasteiger partial charge in [-0.25, -0.2) is 0 Å². The average Bonchev–Trinajstić information content (AvgIpc) is 2.38. The van der Waals surface area contributed by atoms with Crippen LogP contribution in [0.25, 0.3) is 0 Å². The van der Waals surface area contributed by atoms with Crippen molar-refractivity contribution in [2.75, 3.05) is 20.0 Å². The maximum atomic E-state index is 12.5. The molecule has 0 aromatic heterocycles. The van der Waals surface area contributed by atoms with Gasteiger partial charge in [-0.05, 0) is 0 Å². The van der Waals surface area contributed by atoms with Crippen molar-refractivity contribution in [1.82, 2.24) is 0 Å². The normalized spacial score (nSPS) is 15.1. The van der Waals surface area contributed by atoms with Gasteiger partial charge in [0.2, 0.25) is 0 Å². The van der Waals surface area contributed by atoms with E-state index < -0.39 is 17.9 Å². The molecular formula is C17H23O2PS. The summed E-state index contributed by atoms with van der Waals surface area (Å²) >= 11 is -1.42. The molecule has 0 spiro atoms. The van der Waals surface area contributed by atoms with Crippen molar-refractivity contribution in [3.05, 3.63) is 65.7 Å². The van der Waals surface area contributed by atoms with Gasteiger partial charge in [0, 0.05) is 0 Å². The summed E-state index contributed by atoms with van der Waals surface area (Å²) in [5, 5.41) is 0. The second kappa shape index (κ2) is 6.00. The summed E-state index contributed by atoms with van der Waals surface area (Å²) in [6, 6.07) is 17.9. The van der Waals surface area contributed by atoms with Crippen molar-refractivity contribution < 1.29 is 8.18 Å². The van der Waals surface area contributed by atoms with E-state index in [2.05, 4.69) is 32.1 Å². The fraction of sp³-hybridized carbons (Fsp3) is 0.294. The average molecular weight is 322 g/mol. The fourth-order valence-corrected chi connectivity index (χ4v) is 6.55. The Bertz CT molecular complexity index is 627. The molecule has 2 aromatic rings. The monoisotopic (exact) mass is 322 g/mol. The van der Waals surface area contributed by atoms with Gasteiger partial charge < -0.3 is 0 Å². The molecule has 0 saturated heterocycles. The van der Waals surface area contributed by atoms with Crippen LogP contribution in [0.5, 0.6) is 0 Å². The molecule has 2 nitrogen and oxygen atoms in total. The van der Waals surface area contributed by atoms with Gasteiger partial charge in [-0.3, -0.25) is 0 Å². The van der Waals surface area contributed by atoms with E-state index in [4.69, 9.17) is 3.97 Å². The Labute approximate surface area is 130 Å². The van der Waals surface area contributed by atoms with Crippen LogP contribution in [0.4, 0.5) is 0 Å². The third-order valence-electron chi connectivity index (χ3n) is 3.12. The fourth-order valence-electron chi connectivity index (χ4n) is 2.18. The Kier molecular flexibility index (Phi) is 4.67. The van der Waals surface area contributed by atoms with E-state index in [0.29, 0.717) is 0 Å². The number of rotatable bonds is 5. The minimum atomic E-state index is -2.48. The van der Waals surface area contributed by atoms with Crippen molar-refractivity contribution in [2.24, 2.45) is 0 Å². The van der Waals surface area contributed by atoms with E-state index in [1.54, 1.807) is 0 Å². The molecule has 4 heteroatoms. The van der Waals surface area contributed by atoms with Gasteiger partial charge in [0.25, 0.3) is 0 Å². The zero-order chi connectivity index (χ0) is 15.5. The molecule has 0 aliphatic heterocycles. The summed E-state index contributed by atoms with van der Waals surface area (Å²) in [6.07, 6.45) is 0.823. The molecule has 0 N–H and O–H groups in total. The first-order chi connectivity index (χ1) is 9.73. The van der Waals surface area contributed by atoms with Gasteiger partial charge in [0.15, 0.2) is 0 Å². The minimum absolute atomic E-state index is 0.730. The molecule has 0 radical (unpaired) electrons. The second-order valence-electron chi connectivity index (χ2n) is 6.73. The first kappa shape index (κ1) is 16.4. The Morgan fingerprint density at radius 3 is 2.10 bits per heavy atom. The molecule has 0 fully saturated rings. The molecule has 114 valence electrons. The number of benzene rings is 2. The van der Waals surface area contributed by atoms with Crippen LogP contribution in [-0.4, -0.2) is 24.2 Å². The number of hydrogen-bond donors (Lipinski definition) is 0. The molecule has 0 amide bonds. The molecule has 0 saturated carbocycles. The van der Waals surface area contributed by atoms with Crippen LogP contribution in [0.3, 0.4) is 0 Å². The summed E-state index contributed by atoms with van der Waals surface area (Å²) in [5.41, 5.74) is 2.38. The number of hydrogen-bond acceptors (Lipinski definition) is 2. The van der Waals surface area contributed by atoms with Crippen LogP contribution in [0, 0.1) is 6.92 Å². The first-order valence-electron chi connectivity index (χ1n) is 6.96. The van der Waals surface area contributed by atoms with Crippen molar-refractivity contribution >= 4 is 17.9 Å². The Morgan fingerprint density at radius 1 is 0.952 bits per heavy atom. The van der Waals surface area contributed by atoms with Gasteiger partial charge in [-0.2, -0.15) is 0 Å².